The third-order valence-electron chi connectivity index (χ3n) is 5.49. The van der Waals surface area contributed by atoms with Gasteiger partial charge in [-0.1, -0.05) is 24.3 Å². The molecule has 0 radical (unpaired) electrons. The Morgan fingerprint density at radius 3 is 2.28 bits per heavy atom. The Kier molecular flexibility index (Phi) is 3.52. The molecule has 5 rings (SSSR count). The van der Waals surface area contributed by atoms with Crippen molar-refractivity contribution in [1.29, 1.82) is 0 Å². The van der Waals surface area contributed by atoms with Crippen LogP contribution in [0.3, 0.4) is 0 Å². The zero-order chi connectivity index (χ0) is 17.7. The number of hydrogen-bond donors (Lipinski definition) is 0. The van der Waals surface area contributed by atoms with E-state index < -0.39 is 4.92 Å². The van der Waals surface area contributed by atoms with Gasteiger partial charge in [0, 0.05) is 17.2 Å². The molecule has 1 aromatic rings. The topological polar surface area (TPSA) is 92.9 Å². The number of carbonyl (C=O) groups is 2. The van der Waals surface area contributed by atoms with Crippen molar-refractivity contribution in [3.63, 3.8) is 0 Å². The van der Waals surface area contributed by atoms with Crippen LogP contribution in [-0.2, 0) is 9.59 Å². The Hall–Kier alpha value is -2.83. The number of allylic oxidation sites excluding steroid dienone is 2. The average molecular weight is 339 g/mol. The number of hydrogen-bond acceptors (Lipinski definition) is 5. The molecule has 0 N–H and O–H groups in total. The molecule has 1 saturated heterocycles. The molecule has 0 aromatic heterocycles. The third-order valence-corrected chi connectivity index (χ3v) is 5.49. The molecule has 0 unspecified atom stereocenters. The van der Waals surface area contributed by atoms with Gasteiger partial charge in [0.25, 0.3) is 17.5 Å². The number of benzene rings is 1. The molecule has 25 heavy (non-hydrogen) atoms. The number of amides is 2. The molecule has 2 amide bonds. The van der Waals surface area contributed by atoms with Gasteiger partial charge in [0.15, 0.2) is 0 Å². The number of rotatable bonds is 3. The van der Waals surface area contributed by atoms with Crippen molar-refractivity contribution in [2.45, 2.75) is 19.8 Å². The van der Waals surface area contributed by atoms with Gasteiger partial charge in [-0.3, -0.25) is 19.7 Å². The largest absolute Gasteiger partial charge is 0.272 e. The zero-order valence-electron chi connectivity index (χ0n) is 13.7. The van der Waals surface area contributed by atoms with Crippen LogP contribution >= 0.6 is 0 Å². The first-order valence-electron chi connectivity index (χ1n) is 8.32. The second-order valence-electron chi connectivity index (χ2n) is 6.88. The summed E-state index contributed by atoms with van der Waals surface area (Å²) in [6, 6.07) is 4.69. The highest BCUT2D eigenvalue weighted by Gasteiger charge is 2.56. The van der Waals surface area contributed by atoms with Gasteiger partial charge in [0.2, 0.25) is 0 Å². The quantitative estimate of drug-likeness (QED) is 0.278. The van der Waals surface area contributed by atoms with Crippen LogP contribution in [0.25, 0.3) is 0 Å². The van der Waals surface area contributed by atoms with E-state index in [1.807, 2.05) is 0 Å². The third kappa shape index (κ3) is 2.38. The molecule has 128 valence electrons. The highest BCUT2D eigenvalue weighted by Crippen LogP contribution is 2.49. The number of nitro benzene ring substituents is 1. The number of imide groups is 1. The van der Waals surface area contributed by atoms with Crippen molar-refractivity contribution in [1.82, 2.24) is 5.01 Å². The van der Waals surface area contributed by atoms with Gasteiger partial charge in [0.1, 0.15) is 0 Å². The van der Waals surface area contributed by atoms with E-state index in [0.717, 1.165) is 17.9 Å². The normalized spacial score (nSPS) is 30.4. The van der Waals surface area contributed by atoms with E-state index in [1.54, 1.807) is 19.1 Å². The molecule has 1 saturated carbocycles. The monoisotopic (exact) mass is 339 g/mol. The summed E-state index contributed by atoms with van der Waals surface area (Å²) in [6.45, 7) is 1.65. The minimum atomic E-state index is -0.462. The summed E-state index contributed by atoms with van der Waals surface area (Å²) in [6.07, 6.45) is 7.31. The summed E-state index contributed by atoms with van der Waals surface area (Å²) < 4.78 is 0. The summed E-state index contributed by atoms with van der Waals surface area (Å²) in [4.78, 5) is 35.8. The number of hydrazone groups is 1. The van der Waals surface area contributed by atoms with E-state index in [4.69, 9.17) is 0 Å². The summed E-state index contributed by atoms with van der Waals surface area (Å²) >= 11 is 0. The maximum Gasteiger partial charge on any atom is 0.272 e. The average Bonchev–Trinajstić information content (AvgIpc) is 2.88. The van der Waals surface area contributed by atoms with Crippen LogP contribution in [0.4, 0.5) is 5.69 Å². The molecule has 2 fully saturated rings. The molecular weight excluding hydrogens is 322 g/mol. The zero-order valence-corrected chi connectivity index (χ0v) is 13.7. The SMILES string of the molecule is Cc1ccc(/C=N\N2C(=O)[C@@H]3[C@H](C2=O)[C@@H]2C=C[C@H]3CC2)cc1[N+](=O)[O-]. The number of nitrogens with zero attached hydrogens (tertiary/aromatic N) is 3. The Labute approximate surface area is 144 Å². The van der Waals surface area contributed by atoms with E-state index in [2.05, 4.69) is 17.3 Å². The van der Waals surface area contributed by atoms with Crippen molar-refractivity contribution in [2.24, 2.45) is 28.8 Å². The summed E-state index contributed by atoms with van der Waals surface area (Å²) in [5.41, 5.74) is 1.01. The van der Waals surface area contributed by atoms with Gasteiger partial charge in [-0.2, -0.15) is 10.1 Å². The highest BCUT2D eigenvalue weighted by atomic mass is 16.6. The maximum atomic E-state index is 12.6. The molecule has 7 nitrogen and oxygen atoms in total. The summed E-state index contributed by atoms with van der Waals surface area (Å²) in [5, 5.41) is 16.0. The lowest BCUT2D eigenvalue weighted by Gasteiger charge is -2.37. The first-order chi connectivity index (χ1) is 12.0. The Balaban J connectivity index is 1.60. The lowest BCUT2D eigenvalue weighted by Crippen LogP contribution is -2.38. The minimum Gasteiger partial charge on any atom is -0.272 e. The Morgan fingerprint density at radius 2 is 1.76 bits per heavy atom. The standard InChI is InChI=1S/C18H17N3O4/c1-10-2-3-11(8-14(10)21(24)25)9-19-20-17(22)15-12-4-5-13(7-6-12)16(15)18(20)23/h2-5,8-9,12-13,15-16H,6-7H2,1H3/b19-9-/t12-,13+,15-,16+. The molecule has 1 aliphatic heterocycles. The van der Waals surface area contributed by atoms with Gasteiger partial charge in [-0.05, 0) is 31.6 Å². The first kappa shape index (κ1) is 15.7. The molecule has 7 heteroatoms. The Morgan fingerprint density at radius 1 is 1.16 bits per heavy atom. The minimum absolute atomic E-state index is 0.0149. The van der Waals surface area contributed by atoms with Crippen LogP contribution in [-0.4, -0.2) is 28.0 Å². The van der Waals surface area contributed by atoms with Crippen LogP contribution in [0.2, 0.25) is 0 Å². The second-order valence-corrected chi connectivity index (χ2v) is 6.88. The van der Waals surface area contributed by atoms with Crippen molar-refractivity contribution < 1.29 is 14.5 Å². The number of fused-ring (bicyclic) bond motifs is 1. The van der Waals surface area contributed by atoms with E-state index in [-0.39, 0.29) is 41.2 Å². The van der Waals surface area contributed by atoms with E-state index in [9.17, 15) is 19.7 Å². The second kappa shape index (κ2) is 5.61. The van der Waals surface area contributed by atoms with Crippen molar-refractivity contribution in [2.75, 3.05) is 0 Å². The van der Waals surface area contributed by atoms with Gasteiger partial charge in [-0.15, -0.1) is 0 Å². The van der Waals surface area contributed by atoms with Crippen LogP contribution < -0.4 is 0 Å². The predicted molar refractivity (Wildman–Crippen MR) is 89.6 cm³/mol. The smallest absolute Gasteiger partial charge is 0.272 e. The van der Waals surface area contributed by atoms with Crippen LogP contribution in [0.1, 0.15) is 24.0 Å². The molecule has 1 aromatic carbocycles. The van der Waals surface area contributed by atoms with Crippen LogP contribution in [0.15, 0.2) is 35.5 Å². The lowest BCUT2D eigenvalue weighted by molar-refractivity contribution is -0.385. The van der Waals surface area contributed by atoms with Crippen molar-refractivity contribution >= 4 is 23.7 Å². The van der Waals surface area contributed by atoms with Gasteiger partial charge >= 0.3 is 0 Å². The van der Waals surface area contributed by atoms with Gasteiger partial charge in [-0.25, -0.2) is 0 Å². The fraction of sp³-hybridized carbons (Fsp3) is 0.389. The first-order valence-corrected chi connectivity index (χ1v) is 8.32. The van der Waals surface area contributed by atoms with Crippen molar-refractivity contribution in [3.05, 3.63) is 51.6 Å². The molecule has 1 heterocycles. The fourth-order valence-electron chi connectivity index (χ4n) is 4.20. The molecule has 2 bridgehead atoms. The van der Waals surface area contributed by atoms with E-state index in [1.165, 1.54) is 12.3 Å². The molecule has 0 spiro atoms. The molecule has 4 atom stereocenters. The Bertz CT molecular complexity index is 813. The molecular formula is C18H17N3O4. The lowest BCUT2D eigenvalue weighted by atomic mass is 9.63. The van der Waals surface area contributed by atoms with Crippen molar-refractivity contribution in [3.8, 4) is 0 Å². The van der Waals surface area contributed by atoms with Gasteiger partial charge in [0.05, 0.1) is 23.0 Å². The number of carbonyl (C=O) groups excluding carboxylic acids is 2. The molecule has 4 aliphatic rings. The molecule has 3 aliphatic carbocycles. The maximum absolute atomic E-state index is 12.6. The highest BCUT2D eigenvalue weighted by molar-refractivity contribution is 6.06. The predicted octanol–water partition coefficient (Wildman–Crippen LogP) is 2.43. The van der Waals surface area contributed by atoms with Crippen LogP contribution in [0.5, 0.6) is 0 Å². The number of nitro groups is 1. The summed E-state index contributed by atoms with van der Waals surface area (Å²) in [7, 11) is 0. The van der Waals surface area contributed by atoms with E-state index in [0.29, 0.717) is 11.1 Å². The summed E-state index contributed by atoms with van der Waals surface area (Å²) in [5.74, 6) is -0.889. The van der Waals surface area contributed by atoms with Crippen LogP contribution in [0, 0.1) is 40.7 Å². The van der Waals surface area contributed by atoms with E-state index >= 15 is 0 Å². The fourth-order valence-corrected chi connectivity index (χ4v) is 4.20. The van der Waals surface area contributed by atoms with Gasteiger partial charge < -0.3 is 0 Å². The number of aryl methyl sites for hydroxylation is 1.